The number of hydrogen-bond donors (Lipinski definition) is 0. The zero-order valence-electron chi connectivity index (χ0n) is 13.9. The smallest absolute Gasteiger partial charge is 0.332 e. The third-order valence-corrected chi connectivity index (χ3v) is 2.60. The largest absolute Gasteiger partial charge is 0.466 e. The van der Waals surface area contributed by atoms with E-state index in [9.17, 15) is 4.79 Å². The summed E-state index contributed by atoms with van der Waals surface area (Å²) < 4.78 is 4.27. The van der Waals surface area contributed by atoms with Gasteiger partial charge in [-0.3, -0.25) is 0 Å². The number of methoxy groups -OCH3 is 1. The summed E-state index contributed by atoms with van der Waals surface area (Å²) in [7, 11) is 1.33. The quantitative estimate of drug-likeness (QED) is 0.561. The molecule has 0 bridgehead atoms. The molecule has 0 aliphatic rings. The van der Waals surface area contributed by atoms with E-state index in [1.165, 1.54) is 18.2 Å². The normalized spacial score (nSPS) is 8.26. The van der Waals surface area contributed by atoms with Crippen LogP contribution in [0.4, 0.5) is 0 Å². The first-order valence-corrected chi connectivity index (χ1v) is 7.14. The summed E-state index contributed by atoms with van der Waals surface area (Å²) in [4.78, 5) is 10.2. The summed E-state index contributed by atoms with van der Waals surface area (Å²) in [5, 5.41) is 0. The lowest BCUT2D eigenvalue weighted by Gasteiger charge is -1.91. The van der Waals surface area contributed by atoms with Crippen molar-refractivity contribution in [3.05, 3.63) is 97.1 Å². The summed E-state index contributed by atoms with van der Waals surface area (Å²) in [5.41, 5.74) is 2.78. The van der Waals surface area contributed by atoms with E-state index in [0.29, 0.717) is 5.57 Å². The number of benzene rings is 2. The predicted octanol–water partition coefficient (Wildman–Crippen LogP) is 5.39. The zero-order valence-corrected chi connectivity index (χ0v) is 13.9. The molecular formula is C21H24O2. The molecule has 0 radical (unpaired) electrons. The third kappa shape index (κ3) is 10.5. The Hall–Kier alpha value is -2.87. The molecule has 0 atom stereocenters. The number of carbonyl (C=O) groups excluding carboxylic acids is 1. The highest BCUT2D eigenvalue weighted by Crippen LogP contribution is 1.98. The van der Waals surface area contributed by atoms with Crippen LogP contribution in [0.15, 0.2) is 86.0 Å². The molecule has 0 N–H and O–H groups in total. The lowest BCUT2D eigenvalue weighted by molar-refractivity contribution is -0.136. The minimum atomic E-state index is -0.347. The van der Waals surface area contributed by atoms with Gasteiger partial charge in [0.2, 0.25) is 0 Å². The number of esters is 1. The van der Waals surface area contributed by atoms with Crippen molar-refractivity contribution in [2.24, 2.45) is 0 Å². The maximum atomic E-state index is 10.2. The molecule has 2 aromatic rings. The summed E-state index contributed by atoms with van der Waals surface area (Å²) >= 11 is 0. The number of hydrogen-bond acceptors (Lipinski definition) is 2. The van der Waals surface area contributed by atoms with Crippen molar-refractivity contribution in [3.63, 3.8) is 0 Å². The van der Waals surface area contributed by atoms with E-state index in [-0.39, 0.29) is 5.97 Å². The maximum absolute atomic E-state index is 10.2. The molecule has 0 aromatic heterocycles. The average molecular weight is 308 g/mol. The van der Waals surface area contributed by atoms with Crippen molar-refractivity contribution in [3.8, 4) is 0 Å². The zero-order chi connectivity index (χ0) is 17.5. The Balaban J connectivity index is 0.000000317. The van der Waals surface area contributed by atoms with Gasteiger partial charge in [-0.15, -0.1) is 0 Å². The Labute approximate surface area is 139 Å². The van der Waals surface area contributed by atoms with Gasteiger partial charge in [-0.1, -0.05) is 92.6 Å². The first-order chi connectivity index (χ1) is 11.0. The lowest BCUT2D eigenvalue weighted by atomic mass is 10.2. The van der Waals surface area contributed by atoms with Crippen LogP contribution in [-0.2, 0) is 9.53 Å². The van der Waals surface area contributed by atoms with Gasteiger partial charge in [0, 0.05) is 5.57 Å². The molecule has 0 spiro atoms. The first-order valence-electron chi connectivity index (χ1n) is 7.14. The average Bonchev–Trinajstić information content (AvgIpc) is 2.63. The SMILES string of the molecule is C=C(C)C(=O)OC.C=Cc1ccccc1.C=Cc1ccccc1. The fourth-order valence-corrected chi connectivity index (χ4v) is 1.35. The Kier molecular flexibility index (Phi) is 11.2. The summed E-state index contributed by atoms with van der Waals surface area (Å²) in [6.45, 7) is 12.2. The molecule has 0 saturated carbocycles. The first kappa shape index (κ1) is 20.1. The fourth-order valence-electron chi connectivity index (χ4n) is 1.35. The molecule has 0 amide bonds. The van der Waals surface area contributed by atoms with Crippen LogP contribution in [0, 0.1) is 0 Å². The highest BCUT2D eigenvalue weighted by molar-refractivity contribution is 5.86. The molecule has 0 fully saturated rings. The van der Waals surface area contributed by atoms with Crippen molar-refractivity contribution in [1.82, 2.24) is 0 Å². The van der Waals surface area contributed by atoms with E-state index < -0.39 is 0 Å². The number of rotatable bonds is 3. The number of carbonyl (C=O) groups is 1. The van der Waals surface area contributed by atoms with Gasteiger partial charge in [0.15, 0.2) is 0 Å². The van der Waals surface area contributed by atoms with Gasteiger partial charge in [0.25, 0.3) is 0 Å². The molecule has 0 aliphatic carbocycles. The van der Waals surface area contributed by atoms with E-state index in [1.54, 1.807) is 6.92 Å². The molecular weight excluding hydrogens is 284 g/mol. The Morgan fingerprint density at radius 2 is 1.22 bits per heavy atom. The monoisotopic (exact) mass is 308 g/mol. The van der Waals surface area contributed by atoms with Crippen molar-refractivity contribution in [2.45, 2.75) is 6.92 Å². The van der Waals surface area contributed by atoms with E-state index in [2.05, 4.69) is 24.5 Å². The standard InChI is InChI=1S/2C8H8.C5H8O2/c2*1-2-8-6-4-3-5-7-8;1-4(2)5(6)7-3/h2*2-7H,1H2;1H2,2-3H3. The molecule has 23 heavy (non-hydrogen) atoms. The second-order valence-electron chi connectivity index (χ2n) is 4.50. The van der Waals surface area contributed by atoms with Crippen LogP contribution in [0.5, 0.6) is 0 Å². The summed E-state index contributed by atoms with van der Waals surface area (Å²) in [5.74, 6) is -0.347. The Morgan fingerprint density at radius 1 is 0.870 bits per heavy atom. The van der Waals surface area contributed by atoms with Crippen LogP contribution in [0.3, 0.4) is 0 Å². The van der Waals surface area contributed by atoms with E-state index in [1.807, 2.05) is 72.8 Å². The molecule has 0 aliphatic heterocycles. The highest BCUT2D eigenvalue weighted by atomic mass is 16.5. The van der Waals surface area contributed by atoms with Gasteiger partial charge in [-0.25, -0.2) is 4.79 Å². The number of ether oxygens (including phenoxy) is 1. The van der Waals surface area contributed by atoms with Crippen LogP contribution in [0.2, 0.25) is 0 Å². The second kappa shape index (κ2) is 12.8. The fraction of sp³-hybridized carbons (Fsp3) is 0.0952. The van der Waals surface area contributed by atoms with Gasteiger partial charge >= 0.3 is 5.97 Å². The Bertz CT molecular complexity index is 555. The lowest BCUT2D eigenvalue weighted by Crippen LogP contribution is -1.98. The minimum absolute atomic E-state index is 0.347. The van der Waals surface area contributed by atoms with E-state index >= 15 is 0 Å². The van der Waals surface area contributed by atoms with Crippen LogP contribution < -0.4 is 0 Å². The molecule has 2 nitrogen and oxygen atoms in total. The van der Waals surface area contributed by atoms with Gasteiger partial charge < -0.3 is 4.74 Å². The van der Waals surface area contributed by atoms with Crippen LogP contribution >= 0.6 is 0 Å². The van der Waals surface area contributed by atoms with Crippen LogP contribution in [0.1, 0.15) is 18.1 Å². The summed E-state index contributed by atoms with van der Waals surface area (Å²) in [6.07, 6.45) is 3.67. The Morgan fingerprint density at radius 3 is 1.35 bits per heavy atom. The highest BCUT2D eigenvalue weighted by Gasteiger charge is 1.95. The molecule has 2 heteroatoms. The molecule has 0 heterocycles. The second-order valence-corrected chi connectivity index (χ2v) is 4.50. The van der Waals surface area contributed by atoms with Crippen molar-refractivity contribution >= 4 is 18.1 Å². The van der Waals surface area contributed by atoms with Gasteiger partial charge in [0.1, 0.15) is 0 Å². The molecule has 2 rings (SSSR count). The van der Waals surface area contributed by atoms with Gasteiger partial charge in [-0.2, -0.15) is 0 Å². The maximum Gasteiger partial charge on any atom is 0.332 e. The van der Waals surface area contributed by atoms with Crippen LogP contribution in [0.25, 0.3) is 12.2 Å². The van der Waals surface area contributed by atoms with Crippen LogP contribution in [-0.4, -0.2) is 13.1 Å². The summed E-state index contributed by atoms with van der Waals surface area (Å²) in [6, 6.07) is 20.1. The molecule has 0 unspecified atom stereocenters. The van der Waals surface area contributed by atoms with Gasteiger partial charge in [0.05, 0.1) is 7.11 Å². The van der Waals surface area contributed by atoms with E-state index in [0.717, 1.165) is 0 Å². The predicted molar refractivity (Wildman–Crippen MR) is 99.9 cm³/mol. The molecule has 120 valence electrons. The topological polar surface area (TPSA) is 26.3 Å². The van der Waals surface area contributed by atoms with Crippen molar-refractivity contribution in [2.75, 3.05) is 7.11 Å². The molecule has 2 aromatic carbocycles. The van der Waals surface area contributed by atoms with Crippen molar-refractivity contribution < 1.29 is 9.53 Å². The molecule has 0 saturated heterocycles. The van der Waals surface area contributed by atoms with Crippen molar-refractivity contribution in [1.29, 1.82) is 0 Å². The minimum Gasteiger partial charge on any atom is -0.466 e. The van der Waals surface area contributed by atoms with Gasteiger partial charge in [-0.05, 0) is 18.1 Å². The third-order valence-electron chi connectivity index (χ3n) is 2.60. The van der Waals surface area contributed by atoms with E-state index in [4.69, 9.17) is 0 Å².